The fourth-order valence-electron chi connectivity index (χ4n) is 2.68. The van der Waals surface area contributed by atoms with E-state index >= 15 is 0 Å². The van der Waals surface area contributed by atoms with Crippen molar-refractivity contribution in [3.63, 3.8) is 0 Å². The van der Waals surface area contributed by atoms with Gasteiger partial charge in [-0.15, -0.1) is 10.2 Å². The lowest BCUT2D eigenvalue weighted by Gasteiger charge is -2.22. The quantitative estimate of drug-likeness (QED) is 0.830. The summed E-state index contributed by atoms with van der Waals surface area (Å²) in [6, 6.07) is 3.78. The Morgan fingerprint density at radius 1 is 1.25 bits per heavy atom. The Hall–Kier alpha value is -1.65. The van der Waals surface area contributed by atoms with Gasteiger partial charge in [0.1, 0.15) is 5.82 Å². The molecule has 0 radical (unpaired) electrons. The van der Waals surface area contributed by atoms with Crippen LogP contribution in [0.1, 0.15) is 56.4 Å². The van der Waals surface area contributed by atoms with Crippen LogP contribution in [0.25, 0.3) is 0 Å². The van der Waals surface area contributed by atoms with Crippen molar-refractivity contribution in [1.29, 1.82) is 0 Å². The van der Waals surface area contributed by atoms with E-state index in [9.17, 15) is 4.79 Å². The normalized spacial score (nSPS) is 22.9. The summed E-state index contributed by atoms with van der Waals surface area (Å²) < 4.78 is 0. The van der Waals surface area contributed by atoms with Crippen LogP contribution in [0.4, 0.5) is 5.82 Å². The highest BCUT2D eigenvalue weighted by Gasteiger charge is 2.22. The van der Waals surface area contributed by atoms with Gasteiger partial charge in [0.2, 0.25) is 0 Å². The number of hydrogen-bond donors (Lipinski definition) is 2. The number of anilines is 1. The van der Waals surface area contributed by atoms with E-state index in [2.05, 4.69) is 27.8 Å². The lowest BCUT2D eigenvalue weighted by Crippen LogP contribution is -2.39. The Morgan fingerprint density at radius 2 is 2.05 bits per heavy atom. The Balaban J connectivity index is 1.96. The van der Waals surface area contributed by atoms with Gasteiger partial charge in [-0.05, 0) is 37.8 Å². The summed E-state index contributed by atoms with van der Waals surface area (Å²) in [4.78, 5) is 12.2. The van der Waals surface area contributed by atoms with Gasteiger partial charge >= 0.3 is 0 Å². The summed E-state index contributed by atoms with van der Waals surface area (Å²) in [6.07, 6.45) is 5.99. The van der Waals surface area contributed by atoms with Gasteiger partial charge in [-0.25, -0.2) is 0 Å². The third-order valence-corrected chi connectivity index (χ3v) is 3.93. The summed E-state index contributed by atoms with van der Waals surface area (Å²) in [5.41, 5.74) is 0.392. The van der Waals surface area contributed by atoms with Crippen molar-refractivity contribution in [3.8, 4) is 0 Å². The van der Waals surface area contributed by atoms with Crippen molar-refractivity contribution in [2.45, 2.75) is 52.0 Å². The van der Waals surface area contributed by atoms with Crippen molar-refractivity contribution >= 4 is 11.7 Å². The molecule has 1 fully saturated rings. The molecule has 20 heavy (non-hydrogen) atoms. The van der Waals surface area contributed by atoms with Gasteiger partial charge in [0, 0.05) is 12.6 Å². The van der Waals surface area contributed by atoms with Gasteiger partial charge in [0.25, 0.3) is 5.91 Å². The van der Waals surface area contributed by atoms with Crippen LogP contribution in [0.2, 0.25) is 0 Å². The zero-order chi connectivity index (χ0) is 14.4. The zero-order valence-corrected chi connectivity index (χ0v) is 12.4. The van der Waals surface area contributed by atoms with E-state index in [4.69, 9.17) is 0 Å². The lowest BCUT2D eigenvalue weighted by atomic mass is 9.97. The number of carbonyl (C=O) groups excluding carboxylic acids is 1. The third kappa shape index (κ3) is 3.92. The standard InChI is InChI=1S/C15H24N4O/c1-3-16-14-10-9-13(18-19-14)15(20)17-12-8-6-4-5-7-11(12)2/h9-12H,3-8H2,1-2H3,(H,16,19)(H,17,20). The maximum absolute atomic E-state index is 12.2. The third-order valence-electron chi connectivity index (χ3n) is 3.93. The van der Waals surface area contributed by atoms with Crippen molar-refractivity contribution in [2.24, 2.45) is 5.92 Å². The number of rotatable bonds is 4. The molecule has 1 aromatic rings. The average Bonchev–Trinajstić information content (AvgIpc) is 2.65. The molecule has 0 aliphatic heterocycles. The molecule has 2 unspecified atom stereocenters. The molecule has 0 aromatic carbocycles. The Kier molecular flexibility index (Phi) is 5.32. The second-order valence-electron chi connectivity index (χ2n) is 5.53. The molecular formula is C15H24N4O. The fourth-order valence-corrected chi connectivity index (χ4v) is 2.68. The summed E-state index contributed by atoms with van der Waals surface area (Å²) in [5.74, 6) is 1.13. The topological polar surface area (TPSA) is 66.9 Å². The van der Waals surface area contributed by atoms with Crippen LogP contribution in [0.5, 0.6) is 0 Å². The van der Waals surface area contributed by atoms with E-state index in [1.54, 1.807) is 12.1 Å². The van der Waals surface area contributed by atoms with Gasteiger partial charge in [-0.3, -0.25) is 4.79 Å². The largest absolute Gasteiger partial charge is 0.369 e. The smallest absolute Gasteiger partial charge is 0.272 e. The second kappa shape index (κ2) is 7.22. The Bertz CT molecular complexity index is 432. The van der Waals surface area contributed by atoms with Crippen LogP contribution in [0, 0.1) is 5.92 Å². The second-order valence-corrected chi connectivity index (χ2v) is 5.53. The van der Waals surface area contributed by atoms with Gasteiger partial charge in [0.05, 0.1) is 0 Å². The first kappa shape index (κ1) is 14.8. The molecule has 5 heteroatoms. The van der Waals surface area contributed by atoms with E-state index in [-0.39, 0.29) is 11.9 Å². The molecule has 0 spiro atoms. The maximum atomic E-state index is 12.2. The molecule has 2 rings (SSSR count). The minimum Gasteiger partial charge on any atom is -0.369 e. The summed E-state index contributed by atoms with van der Waals surface area (Å²) in [7, 11) is 0. The van der Waals surface area contributed by atoms with Crippen molar-refractivity contribution in [2.75, 3.05) is 11.9 Å². The minimum atomic E-state index is -0.112. The van der Waals surface area contributed by atoms with E-state index in [0.717, 1.165) is 13.0 Å². The highest BCUT2D eigenvalue weighted by molar-refractivity contribution is 5.92. The minimum absolute atomic E-state index is 0.112. The lowest BCUT2D eigenvalue weighted by molar-refractivity contribution is 0.0915. The Morgan fingerprint density at radius 3 is 2.75 bits per heavy atom. The van der Waals surface area contributed by atoms with Crippen LogP contribution in [0.3, 0.4) is 0 Å². The van der Waals surface area contributed by atoms with E-state index < -0.39 is 0 Å². The molecule has 2 atom stereocenters. The summed E-state index contributed by atoms with van der Waals surface area (Å²) >= 11 is 0. The van der Waals surface area contributed by atoms with Crippen LogP contribution in [-0.4, -0.2) is 28.7 Å². The molecule has 1 aliphatic carbocycles. The van der Waals surface area contributed by atoms with Gasteiger partial charge < -0.3 is 10.6 Å². The SMILES string of the molecule is CCNc1ccc(C(=O)NC2CCCCCC2C)nn1. The van der Waals surface area contributed by atoms with Gasteiger partial charge in [0.15, 0.2) is 5.69 Å². The summed E-state index contributed by atoms with van der Waals surface area (Å²) in [6.45, 7) is 5.01. The number of nitrogens with one attached hydrogen (secondary N) is 2. The first-order chi connectivity index (χ1) is 9.70. The summed E-state index contributed by atoms with van der Waals surface area (Å²) in [5, 5.41) is 14.2. The van der Waals surface area contributed by atoms with E-state index in [1.165, 1.54) is 25.7 Å². The molecule has 1 aromatic heterocycles. The van der Waals surface area contributed by atoms with Crippen LogP contribution in [0.15, 0.2) is 12.1 Å². The zero-order valence-electron chi connectivity index (χ0n) is 12.4. The predicted octanol–water partition coefficient (Wildman–Crippen LogP) is 2.61. The molecule has 5 nitrogen and oxygen atoms in total. The van der Waals surface area contributed by atoms with Crippen LogP contribution < -0.4 is 10.6 Å². The highest BCUT2D eigenvalue weighted by Crippen LogP contribution is 2.23. The molecule has 0 saturated heterocycles. The van der Waals surface area contributed by atoms with Crippen LogP contribution >= 0.6 is 0 Å². The highest BCUT2D eigenvalue weighted by atomic mass is 16.2. The van der Waals surface area contributed by atoms with E-state index in [0.29, 0.717) is 17.4 Å². The molecule has 0 bridgehead atoms. The molecule has 1 saturated carbocycles. The van der Waals surface area contributed by atoms with E-state index in [1.807, 2.05) is 6.92 Å². The predicted molar refractivity (Wildman–Crippen MR) is 79.7 cm³/mol. The Labute approximate surface area is 120 Å². The van der Waals surface area contributed by atoms with Crippen molar-refractivity contribution in [3.05, 3.63) is 17.8 Å². The fraction of sp³-hybridized carbons (Fsp3) is 0.667. The average molecular weight is 276 g/mol. The number of aromatic nitrogens is 2. The molecular weight excluding hydrogens is 252 g/mol. The maximum Gasteiger partial charge on any atom is 0.272 e. The van der Waals surface area contributed by atoms with Gasteiger partial charge in [-0.2, -0.15) is 0 Å². The molecule has 1 aliphatic rings. The van der Waals surface area contributed by atoms with Crippen LogP contribution in [-0.2, 0) is 0 Å². The number of hydrogen-bond acceptors (Lipinski definition) is 4. The van der Waals surface area contributed by atoms with Crippen molar-refractivity contribution in [1.82, 2.24) is 15.5 Å². The molecule has 110 valence electrons. The first-order valence-electron chi connectivity index (χ1n) is 7.59. The molecule has 2 N–H and O–H groups in total. The first-order valence-corrected chi connectivity index (χ1v) is 7.59. The molecule has 1 amide bonds. The number of amides is 1. The number of nitrogens with zero attached hydrogens (tertiary/aromatic N) is 2. The molecule has 1 heterocycles. The monoisotopic (exact) mass is 276 g/mol. The van der Waals surface area contributed by atoms with Gasteiger partial charge in [-0.1, -0.05) is 26.2 Å². The number of carbonyl (C=O) groups is 1. The van der Waals surface area contributed by atoms with Crippen molar-refractivity contribution < 1.29 is 4.79 Å².